The van der Waals surface area contributed by atoms with Crippen LogP contribution in [0.25, 0.3) is 0 Å². The van der Waals surface area contributed by atoms with Crippen LogP contribution in [0.3, 0.4) is 0 Å². The molecule has 0 heterocycles. The maximum absolute atomic E-state index is 12.0. The predicted molar refractivity (Wildman–Crippen MR) is 89.5 cm³/mol. The molecule has 1 N–H and O–H groups in total. The van der Waals surface area contributed by atoms with Crippen LogP contribution < -0.4 is 10.1 Å². The van der Waals surface area contributed by atoms with Crippen molar-refractivity contribution in [1.29, 1.82) is 0 Å². The first-order valence-corrected chi connectivity index (χ1v) is 8.18. The fraction of sp³-hybridized carbons (Fsp3) is 0.562. The number of nitrogens with one attached hydrogen (secondary N) is 1. The highest BCUT2D eigenvalue weighted by molar-refractivity contribution is 9.10. The molecular weight excluding hydrogens is 332 g/mol. The second-order valence-corrected chi connectivity index (χ2v) is 5.97. The van der Waals surface area contributed by atoms with Crippen LogP contribution in [0.4, 0.5) is 0 Å². The zero-order chi connectivity index (χ0) is 15.8. The molecule has 1 rings (SSSR count). The first-order valence-electron chi connectivity index (χ1n) is 7.39. The lowest BCUT2D eigenvalue weighted by molar-refractivity contribution is -0.131. The van der Waals surface area contributed by atoms with E-state index in [4.69, 9.17) is 4.74 Å². The molecule has 1 aromatic carbocycles. The highest BCUT2D eigenvalue weighted by Gasteiger charge is 2.16. The molecule has 1 atom stereocenters. The second-order valence-electron chi connectivity index (χ2n) is 5.06. The van der Waals surface area contributed by atoms with Gasteiger partial charge in [-0.1, -0.05) is 22.9 Å². The lowest BCUT2D eigenvalue weighted by Gasteiger charge is -2.21. The van der Waals surface area contributed by atoms with E-state index in [9.17, 15) is 4.79 Å². The summed E-state index contributed by atoms with van der Waals surface area (Å²) in [5.41, 5.74) is 1.05. The van der Waals surface area contributed by atoms with Crippen LogP contribution in [0, 0.1) is 0 Å². The van der Waals surface area contributed by atoms with Gasteiger partial charge in [-0.3, -0.25) is 4.79 Å². The lowest BCUT2D eigenvalue weighted by Crippen LogP contribution is -2.42. The van der Waals surface area contributed by atoms with Gasteiger partial charge in [0.2, 0.25) is 5.91 Å². The van der Waals surface area contributed by atoms with Crippen molar-refractivity contribution < 1.29 is 9.53 Å². The van der Waals surface area contributed by atoms with Crippen LogP contribution in [0.1, 0.15) is 32.8 Å². The van der Waals surface area contributed by atoms with E-state index in [1.54, 1.807) is 4.90 Å². The van der Waals surface area contributed by atoms with E-state index < -0.39 is 0 Å². The zero-order valence-corrected chi connectivity index (χ0v) is 14.9. The van der Waals surface area contributed by atoms with Gasteiger partial charge in [-0.15, -0.1) is 0 Å². The van der Waals surface area contributed by atoms with Crippen molar-refractivity contribution in [3.8, 4) is 5.75 Å². The average Bonchev–Trinajstić information content (AvgIpc) is 2.49. The van der Waals surface area contributed by atoms with Crippen molar-refractivity contribution in [2.24, 2.45) is 0 Å². The summed E-state index contributed by atoms with van der Waals surface area (Å²) in [6.45, 7) is 7.95. The van der Waals surface area contributed by atoms with E-state index in [0.29, 0.717) is 19.7 Å². The summed E-state index contributed by atoms with van der Waals surface area (Å²) in [4.78, 5) is 13.8. The van der Waals surface area contributed by atoms with Crippen molar-refractivity contribution >= 4 is 21.8 Å². The molecule has 118 valence electrons. The molecule has 21 heavy (non-hydrogen) atoms. The number of hydrogen-bond acceptors (Lipinski definition) is 3. The molecular formula is C16H25BrN2O2. The Balaban J connectivity index is 2.69. The number of benzene rings is 1. The average molecular weight is 357 g/mol. The summed E-state index contributed by atoms with van der Waals surface area (Å²) < 4.78 is 6.75. The summed E-state index contributed by atoms with van der Waals surface area (Å²) in [7, 11) is 1.81. The fourth-order valence-electron chi connectivity index (χ4n) is 1.88. The second kappa shape index (κ2) is 9.05. The van der Waals surface area contributed by atoms with Gasteiger partial charge in [-0.2, -0.15) is 0 Å². The van der Waals surface area contributed by atoms with Crippen molar-refractivity contribution in [3.05, 3.63) is 28.2 Å². The topological polar surface area (TPSA) is 41.6 Å². The van der Waals surface area contributed by atoms with Gasteiger partial charge in [0.1, 0.15) is 5.75 Å². The van der Waals surface area contributed by atoms with Crippen LogP contribution in [0.2, 0.25) is 0 Å². The Morgan fingerprint density at radius 3 is 2.76 bits per heavy atom. The molecule has 0 saturated heterocycles. The third-order valence-electron chi connectivity index (χ3n) is 3.30. The van der Waals surface area contributed by atoms with E-state index in [-0.39, 0.29) is 11.9 Å². The van der Waals surface area contributed by atoms with Gasteiger partial charge in [-0.05, 0) is 38.5 Å². The van der Waals surface area contributed by atoms with Gasteiger partial charge in [0.15, 0.2) is 0 Å². The summed E-state index contributed by atoms with van der Waals surface area (Å²) in [6, 6.07) is 5.74. The number of likely N-dealkylation sites (N-methyl/N-ethyl adjacent to an activating group) is 1. The largest absolute Gasteiger partial charge is 0.493 e. The van der Waals surface area contributed by atoms with E-state index in [0.717, 1.165) is 22.2 Å². The Labute approximate surface area is 136 Å². The minimum absolute atomic E-state index is 0.100. The first-order chi connectivity index (χ1) is 9.99. The first kappa shape index (κ1) is 18.0. The Bertz CT molecular complexity index is 466. The number of nitrogens with zero attached hydrogens (tertiary/aromatic N) is 1. The lowest BCUT2D eigenvalue weighted by atomic mass is 10.2. The molecule has 5 heteroatoms. The van der Waals surface area contributed by atoms with Crippen LogP contribution in [0.5, 0.6) is 5.75 Å². The number of amides is 1. The van der Waals surface area contributed by atoms with Gasteiger partial charge in [0.05, 0.1) is 12.6 Å². The molecule has 0 aliphatic rings. The fourth-order valence-corrected chi connectivity index (χ4v) is 2.28. The molecule has 1 amide bonds. The van der Waals surface area contributed by atoms with E-state index in [1.165, 1.54) is 0 Å². The maximum atomic E-state index is 12.0. The Morgan fingerprint density at radius 2 is 2.14 bits per heavy atom. The number of carbonyl (C=O) groups is 1. The minimum Gasteiger partial charge on any atom is -0.493 e. The Morgan fingerprint density at radius 1 is 1.43 bits per heavy atom. The standard InChI is InChI=1S/C16H25BrN2O2/c1-5-9-21-15-8-7-14(17)10-13(15)11-18-12(3)16(20)19(4)6-2/h7-8,10,12,18H,5-6,9,11H2,1-4H3. The van der Waals surface area contributed by atoms with Gasteiger partial charge in [0.25, 0.3) is 0 Å². The predicted octanol–water partition coefficient (Wildman–Crippen LogP) is 3.19. The highest BCUT2D eigenvalue weighted by atomic mass is 79.9. The van der Waals surface area contributed by atoms with Crippen LogP contribution in [-0.4, -0.2) is 37.0 Å². The normalized spacial score (nSPS) is 12.0. The summed E-state index contributed by atoms with van der Waals surface area (Å²) in [5, 5.41) is 3.27. The van der Waals surface area contributed by atoms with E-state index in [2.05, 4.69) is 28.2 Å². The Kier molecular flexibility index (Phi) is 7.75. The zero-order valence-electron chi connectivity index (χ0n) is 13.3. The molecule has 0 saturated carbocycles. The summed E-state index contributed by atoms with van der Waals surface area (Å²) in [5.74, 6) is 0.972. The van der Waals surface area contributed by atoms with Crippen molar-refractivity contribution in [3.63, 3.8) is 0 Å². The molecule has 0 aromatic heterocycles. The van der Waals surface area contributed by atoms with Gasteiger partial charge in [-0.25, -0.2) is 0 Å². The molecule has 0 spiro atoms. The maximum Gasteiger partial charge on any atom is 0.239 e. The molecule has 1 unspecified atom stereocenters. The number of ether oxygens (including phenoxy) is 1. The van der Waals surface area contributed by atoms with Gasteiger partial charge >= 0.3 is 0 Å². The quantitative estimate of drug-likeness (QED) is 0.777. The smallest absolute Gasteiger partial charge is 0.239 e. The van der Waals surface area contributed by atoms with Crippen LogP contribution >= 0.6 is 15.9 Å². The molecule has 0 aliphatic carbocycles. The van der Waals surface area contributed by atoms with Gasteiger partial charge < -0.3 is 15.0 Å². The van der Waals surface area contributed by atoms with E-state index in [1.807, 2.05) is 39.1 Å². The van der Waals surface area contributed by atoms with Crippen LogP contribution in [0.15, 0.2) is 22.7 Å². The molecule has 4 nitrogen and oxygen atoms in total. The number of hydrogen-bond donors (Lipinski definition) is 1. The monoisotopic (exact) mass is 356 g/mol. The molecule has 0 aliphatic heterocycles. The molecule has 0 radical (unpaired) electrons. The minimum atomic E-state index is -0.215. The number of halogens is 1. The number of rotatable bonds is 8. The third kappa shape index (κ3) is 5.67. The molecule has 0 bridgehead atoms. The highest BCUT2D eigenvalue weighted by Crippen LogP contribution is 2.23. The molecule has 0 fully saturated rings. The number of carbonyl (C=O) groups excluding carboxylic acids is 1. The van der Waals surface area contributed by atoms with Gasteiger partial charge in [0, 0.05) is 30.2 Å². The summed E-state index contributed by atoms with van der Waals surface area (Å²) in [6.07, 6.45) is 0.971. The van der Waals surface area contributed by atoms with E-state index >= 15 is 0 Å². The Hall–Kier alpha value is -1.07. The molecule has 1 aromatic rings. The summed E-state index contributed by atoms with van der Waals surface area (Å²) >= 11 is 3.48. The van der Waals surface area contributed by atoms with Crippen LogP contribution in [-0.2, 0) is 11.3 Å². The third-order valence-corrected chi connectivity index (χ3v) is 3.80. The van der Waals surface area contributed by atoms with Crippen molar-refractivity contribution in [2.75, 3.05) is 20.2 Å². The van der Waals surface area contributed by atoms with Crippen molar-refractivity contribution in [1.82, 2.24) is 10.2 Å². The van der Waals surface area contributed by atoms with Crippen molar-refractivity contribution in [2.45, 2.75) is 39.8 Å². The SMILES string of the molecule is CCCOc1ccc(Br)cc1CNC(C)C(=O)N(C)CC.